The monoisotopic (exact) mass is 271 g/mol. The van der Waals surface area contributed by atoms with Crippen LogP contribution in [0, 0.1) is 0 Å². The molecule has 0 spiro atoms. The molecule has 1 atom stereocenters. The van der Waals surface area contributed by atoms with Gasteiger partial charge in [0.1, 0.15) is 0 Å². The van der Waals surface area contributed by atoms with Crippen molar-refractivity contribution < 1.29 is 0 Å². The average Bonchev–Trinajstić information content (AvgIpc) is 3.01. The van der Waals surface area contributed by atoms with Crippen molar-refractivity contribution in [1.82, 2.24) is 14.9 Å². The van der Waals surface area contributed by atoms with E-state index in [0.29, 0.717) is 6.04 Å². The van der Waals surface area contributed by atoms with Gasteiger partial charge < -0.3 is 9.88 Å². The number of aromatic nitrogens is 2. The molecule has 1 heterocycles. The Morgan fingerprint density at radius 3 is 2.75 bits per heavy atom. The predicted molar refractivity (Wildman–Crippen MR) is 83.6 cm³/mol. The molecule has 1 unspecified atom stereocenters. The Morgan fingerprint density at radius 1 is 1.20 bits per heavy atom. The summed E-state index contributed by atoms with van der Waals surface area (Å²) in [6.45, 7) is 4.32. The van der Waals surface area contributed by atoms with E-state index in [1.165, 1.54) is 24.8 Å². The summed E-state index contributed by atoms with van der Waals surface area (Å²) >= 11 is 0. The summed E-state index contributed by atoms with van der Waals surface area (Å²) < 4.78 is 2.13. The van der Waals surface area contributed by atoms with E-state index >= 15 is 0 Å². The van der Waals surface area contributed by atoms with Crippen LogP contribution in [-0.2, 0) is 6.54 Å². The normalized spacial score (nSPS) is 12.4. The first-order valence-electron chi connectivity index (χ1n) is 7.64. The number of benzene rings is 1. The fraction of sp³-hybridized carbons (Fsp3) is 0.471. The largest absolute Gasteiger partial charge is 0.337 e. The summed E-state index contributed by atoms with van der Waals surface area (Å²) in [6.07, 6.45) is 10.6. The van der Waals surface area contributed by atoms with E-state index in [9.17, 15) is 0 Å². The van der Waals surface area contributed by atoms with Gasteiger partial charge in [0.25, 0.3) is 0 Å². The van der Waals surface area contributed by atoms with Crippen LogP contribution >= 0.6 is 0 Å². The Kier molecular flexibility index (Phi) is 6.32. The van der Waals surface area contributed by atoms with E-state index in [4.69, 9.17) is 0 Å². The second-order valence-corrected chi connectivity index (χ2v) is 5.21. The van der Waals surface area contributed by atoms with Crippen molar-refractivity contribution in [3.8, 4) is 0 Å². The molecule has 108 valence electrons. The molecule has 0 saturated carbocycles. The summed E-state index contributed by atoms with van der Waals surface area (Å²) in [5.74, 6) is 0. The van der Waals surface area contributed by atoms with Crippen LogP contribution in [0.4, 0.5) is 0 Å². The molecular weight excluding hydrogens is 246 g/mol. The Hall–Kier alpha value is -1.61. The van der Waals surface area contributed by atoms with Gasteiger partial charge in [-0.1, -0.05) is 50.1 Å². The molecule has 0 fully saturated rings. The number of imidazole rings is 1. The summed E-state index contributed by atoms with van der Waals surface area (Å²) in [6, 6.07) is 11.3. The number of hydrogen-bond donors (Lipinski definition) is 1. The van der Waals surface area contributed by atoms with Gasteiger partial charge in [-0.3, -0.25) is 0 Å². The Morgan fingerprint density at radius 2 is 2.05 bits per heavy atom. The van der Waals surface area contributed by atoms with Crippen LogP contribution < -0.4 is 5.32 Å². The minimum absolute atomic E-state index is 0.485. The Balaban J connectivity index is 1.78. The van der Waals surface area contributed by atoms with Crippen LogP contribution in [0.15, 0.2) is 49.1 Å². The molecule has 1 N–H and O–H groups in total. The zero-order valence-electron chi connectivity index (χ0n) is 12.3. The number of rotatable bonds is 9. The van der Waals surface area contributed by atoms with Gasteiger partial charge in [0, 0.05) is 25.0 Å². The molecule has 1 aromatic carbocycles. The number of nitrogens with zero attached hydrogens (tertiary/aromatic N) is 2. The molecule has 0 aliphatic rings. The van der Waals surface area contributed by atoms with Crippen LogP contribution in [0.5, 0.6) is 0 Å². The standard InChI is InChI=1S/C17H25N3/c1-2-3-10-17(16-8-5-4-6-9-16)19-11-7-13-20-14-12-18-15-20/h4-6,8-9,12,14-15,17,19H,2-3,7,10-11,13H2,1H3. The summed E-state index contributed by atoms with van der Waals surface area (Å²) in [7, 11) is 0. The number of nitrogens with one attached hydrogen (secondary N) is 1. The van der Waals surface area contributed by atoms with E-state index < -0.39 is 0 Å². The lowest BCUT2D eigenvalue weighted by Gasteiger charge is -2.19. The first kappa shape index (κ1) is 14.8. The van der Waals surface area contributed by atoms with Crippen molar-refractivity contribution >= 4 is 0 Å². The second-order valence-electron chi connectivity index (χ2n) is 5.21. The first-order chi connectivity index (χ1) is 9.90. The van der Waals surface area contributed by atoms with Crippen LogP contribution in [-0.4, -0.2) is 16.1 Å². The molecule has 2 rings (SSSR count). The van der Waals surface area contributed by atoms with Gasteiger partial charge in [0.05, 0.1) is 6.33 Å². The van der Waals surface area contributed by atoms with Crippen molar-refractivity contribution in [3.05, 3.63) is 54.6 Å². The molecule has 0 saturated heterocycles. The van der Waals surface area contributed by atoms with E-state index in [0.717, 1.165) is 19.5 Å². The minimum Gasteiger partial charge on any atom is -0.337 e. The lowest BCUT2D eigenvalue weighted by Crippen LogP contribution is -2.23. The zero-order valence-corrected chi connectivity index (χ0v) is 12.3. The van der Waals surface area contributed by atoms with Gasteiger partial charge in [-0.2, -0.15) is 0 Å². The second kappa shape index (κ2) is 8.54. The summed E-state index contributed by atoms with van der Waals surface area (Å²) in [5, 5.41) is 3.70. The molecule has 3 nitrogen and oxygen atoms in total. The van der Waals surface area contributed by atoms with E-state index in [1.54, 1.807) is 0 Å². The highest BCUT2D eigenvalue weighted by atomic mass is 15.0. The van der Waals surface area contributed by atoms with Crippen LogP contribution in [0.25, 0.3) is 0 Å². The smallest absolute Gasteiger partial charge is 0.0945 e. The quantitative estimate of drug-likeness (QED) is 0.703. The predicted octanol–water partition coefficient (Wildman–Crippen LogP) is 3.79. The highest BCUT2D eigenvalue weighted by molar-refractivity contribution is 5.18. The van der Waals surface area contributed by atoms with E-state index in [-0.39, 0.29) is 0 Å². The third kappa shape index (κ3) is 4.82. The SMILES string of the molecule is CCCCC(NCCCn1ccnc1)c1ccccc1. The lowest BCUT2D eigenvalue weighted by atomic mass is 10.0. The third-order valence-corrected chi connectivity index (χ3v) is 3.59. The first-order valence-corrected chi connectivity index (χ1v) is 7.64. The molecule has 0 bridgehead atoms. The Labute approximate surface area is 122 Å². The molecule has 0 amide bonds. The topological polar surface area (TPSA) is 29.9 Å². The van der Waals surface area contributed by atoms with Gasteiger partial charge in [-0.05, 0) is 24.9 Å². The van der Waals surface area contributed by atoms with Crippen LogP contribution in [0.2, 0.25) is 0 Å². The average molecular weight is 271 g/mol. The van der Waals surface area contributed by atoms with Gasteiger partial charge in [-0.25, -0.2) is 4.98 Å². The summed E-state index contributed by atoms with van der Waals surface area (Å²) in [4.78, 5) is 4.07. The van der Waals surface area contributed by atoms with E-state index in [2.05, 4.69) is 52.1 Å². The summed E-state index contributed by atoms with van der Waals surface area (Å²) in [5.41, 5.74) is 1.41. The fourth-order valence-corrected chi connectivity index (χ4v) is 2.44. The molecular formula is C17H25N3. The maximum absolute atomic E-state index is 4.07. The number of aryl methyl sites for hydroxylation is 1. The molecule has 0 radical (unpaired) electrons. The zero-order chi connectivity index (χ0) is 14.0. The van der Waals surface area contributed by atoms with E-state index in [1.807, 2.05) is 18.7 Å². The third-order valence-electron chi connectivity index (χ3n) is 3.59. The van der Waals surface area contributed by atoms with Crippen molar-refractivity contribution in [2.24, 2.45) is 0 Å². The molecule has 3 heteroatoms. The van der Waals surface area contributed by atoms with Crippen molar-refractivity contribution in [2.45, 2.75) is 45.2 Å². The molecule has 0 aliphatic heterocycles. The van der Waals surface area contributed by atoms with Gasteiger partial charge in [-0.15, -0.1) is 0 Å². The Bertz CT molecular complexity index is 450. The van der Waals surface area contributed by atoms with Crippen molar-refractivity contribution in [2.75, 3.05) is 6.54 Å². The number of hydrogen-bond acceptors (Lipinski definition) is 2. The maximum Gasteiger partial charge on any atom is 0.0945 e. The molecule has 0 aliphatic carbocycles. The maximum atomic E-state index is 4.07. The minimum atomic E-state index is 0.485. The highest BCUT2D eigenvalue weighted by Gasteiger charge is 2.09. The molecule has 1 aromatic heterocycles. The molecule has 20 heavy (non-hydrogen) atoms. The van der Waals surface area contributed by atoms with Crippen LogP contribution in [0.3, 0.4) is 0 Å². The molecule has 2 aromatic rings. The fourth-order valence-electron chi connectivity index (χ4n) is 2.44. The van der Waals surface area contributed by atoms with Crippen LogP contribution in [0.1, 0.15) is 44.2 Å². The number of unbranched alkanes of at least 4 members (excludes halogenated alkanes) is 1. The lowest BCUT2D eigenvalue weighted by molar-refractivity contribution is 0.463. The van der Waals surface area contributed by atoms with Crippen molar-refractivity contribution in [1.29, 1.82) is 0 Å². The van der Waals surface area contributed by atoms with Gasteiger partial charge in [0.15, 0.2) is 0 Å². The van der Waals surface area contributed by atoms with Gasteiger partial charge in [0.2, 0.25) is 0 Å². The van der Waals surface area contributed by atoms with Gasteiger partial charge >= 0.3 is 0 Å². The highest BCUT2D eigenvalue weighted by Crippen LogP contribution is 2.19. The van der Waals surface area contributed by atoms with Crippen molar-refractivity contribution in [3.63, 3.8) is 0 Å².